The summed E-state index contributed by atoms with van der Waals surface area (Å²) in [6, 6.07) is 8.09. The van der Waals surface area contributed by atoms with Crippen molar-refractivity contribution in [3.8, 4) is 6.07 Å². The highest BCUT2D eigenvalue weighted by molar-refractivity contribution is 7.89. The molecule has 1 saturated heterocycles. The van der Waals surface area contributed by atoms with Gasteiger partial charge in [-0.2, -0.15) is 9.57 Å². The molecule has 27 heavy (non-hydrogen) atoms. The van der Waals surface area contributed by atoms with Crippen LogP contribution in [0, 0.1) is 11.3 Å². The fourth-order valence-corrected chi connectivity index (χ4v) is 5.78. The number of benzene rings is 1. The highest BCUT2D eigenvalue weighted by Crippen LogP contribution is 2.33. The van der Waals surface area contributed by atoms with E-state index < -0.39 is 10.0 Å². The highest BCUT2D eigenvalue weighted by Gasteiger charge is 2.25. The van der Waals surface area contributed by atoms with Gasteiger partial charge in [0.1, 0.15) is 0 Å². The van der Waals surface area contributed by atoms with E-state index in [1.807, 2.05) is 18.2 Å². The van der Waals surface area contributed by atoms with E-state index in [2.05, 4.69) is 10.6 Å². The Balaban J connectivity index is 1.56. The summed E-state index contributed by atoms with van der Waals surface area (Å²) in [6.45, 7) is 2.58. The molecule has 0 spiro atoms. The molecule has 1 aromatic carbocycles. The van der Waals surface area contributed by atoms with Gasteiger partial charge in [-0.3, -0.25) is 0 Å². The SMILES string of the molecule is N#Cc1ccc2c(c1)c1c(n2CCCS(=O)(=O)N2CCOCC2)CCCC1. The molecule has 144 valence electrons. The van der Waals surface area contributed by atoms with Gasteiger partial charge >= 0.3 is 0 Å². The number of sulfonamides is 1. The number of aryl methyl sites for hydroxylation is 2. The summed E-state index contributed by atoms with van der Waals surface area (Å²) in [7, 11) is -3.22. The van der Waals surface area contributed by atoms with Crippen LogP contribution in [0.3, 0.4) is 0 Å². The fraction of sp³-hybridized carbons (Fsp3) is 0.550. The zero-order chi connectivity index (χ0) is 18.9. The smallest absolute Gasteiger partial charge is 0.214 e. The minimum atomic E-state index is -3.22. The Morgan fingerprint density at radius 3 is 2.70 bits per heavy atom. The second kappa shape index (κ2) is 7.63. The van der Waals surface area contributed by atoms with Gasteiger partial charge in [0.2, 0.25) is 10.0 Å². The van der Waals surface area contributed by atoms with Crippen molar-refractivity contribution < 1.29 is 13.2 Å². The van der Waals surface area contributed by atoms with Crippen molar-refractivity contribution in [2.45, 2.75) is 38.6 Å². The third kappa shape index (κ3) is 3.62. The molecule has 0 unspecified atom stereocenters. The Bertz CT molecular complexity index is 982. The van der Waals surface area contributed by atoms with E-state index in [4.69, 9.17) is 4.74 Å². The lowest BCUT2D eigenvalue weighted by Crippen LogP contribution is -2.41. The molecule has 0 bridgehead atoms. The van der Waals surface area contributed by atoms with E-state index in [0.29, 0.717) is 44.8 Å². The maximum atomic E-state index is 12.6. The van der Waals surface area contributed by atoms with Gasteiger partial charge in [0.05, 0.1) is 30.6 Å². The molecule has 4 rings (SSSR count). The first-order valence-corrected chi connectivity index (χ1v) is 11.3. The first-order valence-electron chi connectivity index (χ1n) is 9.70. The molecule has 7 heteroatoms. The Morgan fingerprint density at radius 2 is 1.93 bits per heavy atom. The average Bonchev–Trinajstić information content (AvgIpc) is 3.02. The summed E-state index contributed by atoms with van der Waals surface area (Å²) < 4.78 is 34.3. The van der Waals surface area contributed by atoms with Crippen LogP contribution in [0.25, 0.3) is 10.9 Å². The molecule has 0 amide bonds. The molecular formula is C20H25N3O3S. The monoisotopic (exact) mass is 387 g/mol. The van der Waals surface area contributed by atoms with E-state index in [0.717, 1.165) is 18.4 Å². The van der Waals surface area contributed by atoms with Crippen LogP contribution >= 0.6 is 0 Å². The van der Waals surface area contributed by atoms with Gasteiger partial charge in [0.15, 0.2) is 0 Å². The number of hydrogen-bond acceptors (Lipinski definition) is 4. The number of rotatable bonds is 5. The normalized spacial score (nSPS) is 18.3. The van der Waals surface area contributed by atoms with Crippen LogP contribution in [-0.2, 0) is 34.1 Å². The van der Waals surface area contributed by atoms with Gasteiger partial charge < -0.3 is 9.30 Å². The Hall–Kier alpha value is -1.88. The van der Waals surface area contributed by atoms with E-state index >= 15 is 0 Å². The van der Waals surface area contributed by atoms with Crippen molar-refractivity contribution in [2.75, 3.05) is 32.1 Å². The summed E-state index contributed by atoms with van der Waals surface area (Å²) in [6.07, 6.45) is 5.01. The molecule has 0 atom stereocenters. The van der Waals surface area contributed by atoms with Crippen LogP contribution in [0.2, 0.25) is 0 Å². The van der Waals surface area contributed by atoms with Crippen molar-refractivity contribution in [1.29, 1.82) is 5.26 Å². The van der Waals surface area contributed by atoms with Gasteiger partial charge in [-0.15, -0.1) is 0 Å². The number of ether oxygens (including phenoxy) is 1. The Kier molecular flexibility index (Phi) is 5.22. The van der Waals surface area contributed by atoms with Crippen LogP contribution in [0.1, 0.15) is 36.1 Å². The van der Waals surface area contributed by atoms with Crippen molar-refractivity contribution in [2.24, 2.45) is 0 Å². The Morgan fingerprint density at radius 1 is 1.15 bits per heavy atom. The summed E-state index contributed by atoms with van der Waals surface area (Å²) in [5.41, 5.74) is 4.49. The van der Waals surface area contributed by atoms with Gasteiger partial charge in [-0.1, -0.05) is 0 Å². The van der Waals surface area contributed by atoms with Gasteiger partial charge in [0, 0.05) is 36.2 Å². The second-order valence-corrected chi connectivity index (χ2v) is 9.40. The molecule has 0 N–H and O–H groups in total. The minimum absolute atomic E-state index is 0.164. The molecule has 2 aliphatic rings. The van der Waals surface area contributed by atoms with Crippen molar-refractivity contribution in [1.82, 2.24) is 8.87 Å². The molecule has 1 aromatic heterocycles. The van der Waals surface area contributed by atoms with Crippen LogP contribution in [-0.4, -0.2) is 49.3 Å². The van der Waals surface area contributed by atoms with E-state index in [9.17, 15) is 13.7 Å². The maximum Gasteiger partial charge on any atom is 0.214 e. The van der Waals surface area contributed by atoms with E-state index in [-0.39, 0.29) is 5.75 Å². The first-order chi connectivity index (χ1) is 13.1. The van der Waals surface area contributed by atoms with Crippen molar-refractivity contribution in [3.05, 3.63) is 35.0 Å². The number of nitrogens with zero attached hydrogens (tertiary/aromatic N) is 3. The lowest BCUT2D eigenvalue weighted by molar-refractivity contribution is 0.0730. The molecule has 1 aliphatic heterocycles. The lowest BCUT2D eigenvalue weighted by atomic mass is 9.95. The number of hydrogen-bond donors (Lipinski definition) is 0. The van der Waals surface area contributed by atoms with Gasteiger partial charge in [0.25, 0.3) is 0 Å². The number of nitriles is 1. The molecule has 0 saturated carbocycles. The summed E-state index contributed by atoms with van der Waals surface area (Å²) in [5.74, 6) is 0.164. The quantitative estimate of drug-likeness (QED) is 0.790. The van der Waals surface area contributed by atoms with Gasteiger partial charge in [-0.05, 0) is 55.9 Å². The topological polar surface area (TPSA) is 75.3 Å². The second-order valence-electron chi connectivity index (χ2n) is 7.31. The van der Waals surface area contributed by atoms with Crippen LogP contribution in [0.15, 0.2) is 18.2 Å². The molecule has 1 aliphatic carbocycles. The number of fused-ring (bicyclic) bond motifs is 3. The average molecular weight is 388 g/mol. The van der Waals surface area contributed by atoms with Gasteiger partial charge in [-0.25, -0.2) is 8.42 Å². The number of morpholine rings is 1. The largest absolute Gasteiger partial charge is 0.379 e. The summed E-state index contributed by atoms with van der Waals surface area (Å²) >= 11 is 0. The van der Waals surface area contributed by atoms with Crippen LogP contribution in [0.5, 0.6) is 0 Å². The summed E-state index contributed by atoms with van der Waals surface area (Å²) in [4.78, 5) is 0. The fourth-order valence-electron chi connectivity index (χ4n) is 4.32. The van der Waals surface area contributed by atoms with Crippen molar-refractivity contribution in [3.63, 3.8) is 0 Å². The molecule has 6 nitrogen and oxygen atoms in total. The van der Waals surface area contributed by atoms with Crippen LogP contribution < -0.4 is 0 Å². The lowest BCUT2D eigenvalue weighted by Gasteiger charge is -2.26. The molecule has 2 heterocycles. The minimum Gasteiger partial charge on any atom is -0.379 e. The standard InChI is InChI=1S/C20H25N3O3S/c21-15-16-6-7-20-18(14-16)17-4-1-2-5-19(17)23(20)8-3-13-27(24,25)22-9-11-26-12-10-22/h6-7,14H,1-5,8-13H2. The maximum absolute atomic E-state index is 12.6. The zero-order valence-electron chi connectivity index (χ0n) is 15.5. The molecule has 1 fully saturated rings. The molecular weight excluding hydrogens is 362 g/mol. The first kappa shape index (κ1) is 18.5. The predicted molar refractivity (Wildman–Crippen MR) is 104 cm³/mol. The van der Waals surface area contributed by atoms with Crippen molar-refractivity contribution >= 4 is 20.9 Å². The van der Waals surface area contributed by atoms with E-state index in [1.54, 1.807) is 4.31 Å². The third-order valence-electron chi connectivity index (χ3n) is 5.65. The zero-order valence-corrected chi connectivity index (χ0v) is 16.3. The third-order valence-corrected chi connectivity index (χ3v) is 7.61. The number of aromatic nitrogens is 1. The van der Waals surface area contributed by atoms with E-state index in [1.165, 1.54) is 29.5 Å². The molecule has 2 aromatic rings. The Labute approximate surface area is 160 Å². The predicted octanol–water partition coefficient (Wildman–Crippen LogP) is 2.44. The summed E-state index contributed by atoms with van der Waals surface area (Å²) in [5, 5.41) is 10.4. The van der Waals surface area contributed by atoms with Crippen LogP contribution in [0.4, 0.5) is 0 Å². The molecule has 0 radical (unpaired) electrons. The highest BCUT2D eigenvalue weighted by atomic mass is 32.2.